The van der Waals surface area contributed by atoms with Crippen molar-refractivity contribution in [2.45, 2.75) is 18.7 Å². The van der Waals surface area contributed by atoms with Gasteiger partial charge in [0, 0.05) is 10.7 Å². The molecule has 1 aliphatic heterocycles. The Bertz CT molecular complexity index is 697. The van der Waals surface area contributed by atoms with Gasteiger partial charge in [0.05, 0.1) is 11.8 Å². The van der Waals surface area contributed by atoms with Crippen LogP contribution in [-0.4, -0.2) is 5.91 Å². The zero-order valence-electron chi connectivity index (χ0n) is 10.9. The van der Waals surface area contributed by atoms with Gasteiger partial charge >= 0.3 is 0 Å². The molecule has 0 spiro atoms. The molecule has 2 nitrogen and oxygen atoms in total. The Balaban J connectivity index is 1.99. The normalized spacial score (nSPS) is 14.8. The van der Waals surface area contributed by atoms with E-state index in [1.54, 1.807) is 0 Å². The Labute approximate surface area is 127 Å². The fraction of sp³-hybridized carbons (Fsp3) is 0.188. The van der Waals surface area contributed by atoms with Gasteiger partial charge in [0.2, 0.25) is 5.91 Å². The third kappa shape index (κ3) is 2.30. The van der Waals surface area contributed by atoms with Crippen LogP contribution in [0.25, 0.3) is 0 Å². The van der Waals surface area contributed by atoms with E-state index in [4.69, 9.17) is 23.2 Å². The summed E-state index contributed by atoms with van der Waals surface area (Å²) < 4.78 is 0. The van der Waals surface area contributed by atoms with E-state index in [0.717, 1.165) is 27.9 Å². The zero-order valence-corrected chi connectivity index (χ0v) is 12.4. The number of rotatable bonds is 2. The van der Waals surface area contributed by atoms with Crippen molar-refractivity contribution in [1.29, 1.82) is 0 Å². The summed E-state index contributed by atoms with van der Waals surface area (Å²) in [6.07, 6.45) is 0.418. The van der Waals surface area contributed by atoms with E-state index in [2.05, 4.69) is 5.32 Å². The number of fused-ring (bicyclic) bond motifs is 1. The fourth-order valence-corrected chi connectivity index (χ4v) is 3.04. The molecule has 1 amide bonds. The van der Waals surface area contributed by atoms with Crippen LogP contribution in [0.1, 0.15) is 27.6 Å². The van der Waals surface area contributed by atoms with Crippen molar-refractivity contribution < 1.29 is 4.79 Å². The van der Waals surface area contributed by atoms with E-state index < -0.39 is 0 Å². The molecule has 2 aromatic rings. The summed E-state index contributed by atoms with van der Waals surface area (Å²) in [6.45, 7) is 1.96. The van der Waals surface area contributed by atoms with Gasteiger partial charge in [-0.25, -0.2) is 0 Å². The van der Waals surface area contributed by atoms with Gasteiger partial charge in [-0.1, -0.05) is 35.9 Å². The summed E-state index contributed by atoms with van der Waals surface area (Å²) in [5.41, 5.74) is 4.84. The second-order valence-electron chi connectivity index (χ2n) is 4.96. The smallest absolute Gasteiger partial charge is 0.228 e. The molecule has 1 unspecified atom stereocenters. The molecule has 0 fully saturated rings. The number of alkyl halides is 1. The highest BCUT2D eigenvalue weighted by Gasteiger charge is 2.21. The lowest BCUT2D eigenvalue weighted by Crippen LogP contribution is -2.03. The number of nitrogens with one attached hydrogen (secondary N) is 1. The highest BCUT2D eigenvalue weighted by molar-refractivity contribution is 6.31. The summed E-state index contributed by atoms with van der Waals surface area (Å²) >= 11 is 12.7. The second kappa shape index (κ2) is 5.12. The molecule has 0 aliphatic carbocycles. The minimum atomic E-state index is -0.269. The SMILES string of the molecule is Cc1c(Cl)cccc1C(Cl)c1ccc2c(c1)CC(=O)N2. The van der Waals surface area contributed by atoms with Gasteiger partial charge < -0.3 is 5.32 Å². The molecule has 1 aliphatic rings. The summed E-state index contributed by atoms with van der Waals surface area (Å²) in [5, 5.41) is 3.27. The van der Waals surface area contributed by atoms with Crippen LogP contribution in [0.15, 0.2) is 36.4 Å². The monoisotopic (exact) mass is 305 g/mol. The molecule has 0 saturated carbocycles. The first-order chi connectivity index (χ1) is 9.56. The predicted octanol–water partition coefficient (Wildman–Crippen LogP) is 4.47. The quantitative estimate of drug-likeness (QED) is 0.815. The maximum absolute atomic E-state index is 11.4. The molecule has 1 N–H and O–H groups in total. The van der Waals surface area contributed by atoms with E-state index in [0.29, 0.717) is 11.4 Å². The minimum Gasteiger partial charge on any atom is -0.326 e. The van der Waals surface area contributed by atoms with Gasteiger partial charge in [0.1, 0.15) is 0 Å². The van der Waals surface area contributed by atoms with E-state index in [-0.39, 0.29) is 11.3 Å². The molecule has 0 saturated heterocycles. The molecular formula is C16H13Cl2NO. The van der Waals surface area contributed by atoms with Gasteiger partial charge in [0.15, 0.2) is 0 Å². The van der Waals surface area contributed by atoms with Crippen molar-refractivity contribution >= 4 is 34.8 Å². The van der Waals surface area contributed by atoms with Crippen molar-refractivity contribution in [3.63, 3.8) is 0 Å². The van der Waals surface area contributed by atoms with Gasteiger partial charge in [-0.05, 0) is 41.3 Å². The number of benzene rings is 2. The van der Waals surface area contributed by atoms with Crippen LogP contribution in [0.5, 0.6) is 0 Å². The Morgan fingerprint density at radius 2 is 2.05 bits per heavy atom. The number of halogens is 2. The average molecular weight is 306 g/mol. The van der Waals surface area contributed by atoms with Crippen LogP contribution in [0.3, 0.4) is 0 Å². The van der Waals surface area contributed by atoms with Crippen molar-refractivity contribution in [3.8, 4) is 0 Å². The van der Waals surface area contributed by atoms with Crippen LogP contribution in [0.4, 0.5) is 5.69 Å². The molecule has 20 heavy (non-hydrogen) atoms. The summed E-state index contributed by atoms with van der Waals surface area (Å²) in [6, 6.07) is 11.6. The van der Waals surface area contributed by atoms with Crippen molar-refractivity contribution in [2.75, 3.05) is 5.32 Å². The number of hydrogen-bond donors (Lipinski definition) is 1. The summed E-state index contributed by atoms with van der Waals surface area (Å²) in [5.74, 6) is 0.0298. The topological polar surface area (TPSA) is 29.1 Å². The van der Waals surface area contributed by atoms with Crippen LogP contribution in [0, 0.1) is 6.92 Å². The van der Waals surface area contributed by atoms with Crippen LogP contribution >= 0.6 is 23.2 Å². The average Bonchev–Trinajstić information content (AvgIpc) is 2.80. The standard InChI is InChI=1S/C16H13Cl2NO/c1-9-12(3-2-4-13(9)17)16(18)10-5-6-14-11(7-10)8-15(20)19-14/h2-7,16H,8H2,1H3,(H,19,20). The third-order valence-electron chi connectivity index (χ3n) is 3.63. The number of carbonyl (C=O) groups excluding carboxylic acids is 1. The van der Waals surface area contributed by atoms with E-state index >= 15 is 0 Å². The van der Waals surface area contributed by atoms with Crippen LogP contribution in [-0.2, 0) is 11.2 Å². The first-order valence-electron chi connectivity index (χ1n) is 6.38. The predicted molar refractivity (Wildman–Crippen MR) is 82.7 cm³/mol. The number of anilines is 1. The maximum atomic E-state index is 11.4. The lowest BCUT2D eigenvalue weighted by Gasteiger charge is -2.15. The molecule has 0 bridgehead atoms. The van der Waals surface area contributed by atoms with Gasteiger partial charge in [-0.3, -0.25) is 4.79 Å². The Hall–Kier alpha value is -1.51. The molecule has 3 rings (SSSR count). The van der Waals surface area contributed by atoms with Crippen molar-refractivity contribution in [1.82, 2.24) is 0 Å². The number of hydrogen-bond acceptors (Lipinski definition) is 1. The molecule has 1 atom stereocenters. The fourth-order valence-electron chi connectivity index (χ4n) is 2.49. The highest BCUT2D eigenvalue weighted by atomic mass is 35.5. The first-order valence-corrected chi connectivity index (χ1v) is 7.19. The van der Waals surface area contributed by atoms with E-state index in [9.17, 15) is 4.79 Å². The second-order valence-corrected chi connectivity index (χ2v) is 5.80. The van der Waals surface area contributed by atoms with E-state index in [1.165, 1.54) is 0 Å². The minimum absolute atomic E-state index is 0.0298. The first kappa shape index (κ1) is 13.5. The van der Waals surface area contributed by atoms with Gasteiger partial charge in [-0.2, -0.15) is 0 Å². The third-order valence-corrected chi connectivity index (χ3v) is 4.53. The lowest BCUT2D eigenvalue weighted by molar-refractivity contribution is -0.115. The Morgan fingerprint density at radius 1 is 1.25 bits per heavy atom. The zero-order chi connectivity index (χ0) is 14.3. The van der Waals surface area contributed by atoms with Gasteiger partial charge in [-0.15, -0.1) is 11.6 Å². The Morgan fingerprint density at radius 3 is 2.85 bits per heavy atom. The molecule has 0 aromatic heterocycles. The summed E-state index contributed by atoms with van der Waals surface area (Å²) in [7, 11) is 0. The highest BCUT2D eigenvalue weighted by Crippen LogP contribution is 2.36. The largest absolute Gasteiger partial charge is 0.326 e. The van der Waals surface area contributed by atoms with Gasteiger partial charge in [0.25, 0.3) is 0 Å². The number of carbonyl (C=O) groups is 1. The molecular weight excluding hydrogens is 293 g/mol. The lowest BCUT2D eigenvalue weighted by atomic mass is 9.98. The Kier molecular flexibility index (Phi) is 3.45. The summed E-state index contributed by atoms with van der Waals surface area (Å²) in [4.78, 5) is 11.4. The molecule has 2 aromatic carbocycles. The molecule has 102 valence electrons. The van der Waals surface area contributed by atoms with Crippen LogP contribution in [0.2, 0.25) is 5.02 Å². The number of amides is 1. The molecule has 0 radical (unpaired) electrons. The molecule has 4 heteroatoms. The van der Waals surface area contributed by atoms with Crippen molar-refractivity contribution in [2.24, 2.45) is 0 Å². The van der Waals surface area contributed by atoms with Crippen LogP contribution < -0.4 is 5.32 Å². The van der Waals surface area contributed by atoms with Crippen molar-refractivity contribution in [3.05, 3.63) is 63.7 Å². The maximum Gasteiger partial charge on any atom is 0.228 e. The molecule has 1 heterocycles. The van der Waals surface area contributed by atoms with E-state index in [1.807, 2.05) is 43.3 Å².